The van der Waals surface area contributed by atoms with Gasteiger partial charge in [0.15, 0.2) is 0 Å². The lowest BCUT2D eigenvalue weighted by atomic mass is 9.73. The molecule has 9 heteroatoms. The maximum Gasteiger partial charge on any atom is 0.309 e. The summed E-state index contributed by atoms with van der Waals surface area (Å²) >= 11 is 0. The Morgan fingerprint density at radius 3 is 2.59 bits per heavy atom. The van der Waals surface area contributed by atoms with Crippen LogP contribution in [0, 0.1) is 17.3 Å². The van der Waals surface area contributed by atoms with Crippen molar-refractivity contribution in [3.8, 4) is 0 Å². The topological polar surface area (TPSA) is 134 Å². The lowest BCUT2D eigenvalue weighted by Gasteiger charge is -2.34. The number of nitrogens with zero attached hydrogens (tertiary/aromatic N) is 2. The smallest absolute Gasteiger partial charge is 0.309 e. The van der Waals surface area contributed by atoms with E-state index in [9.17, 15) is 24.9 Å². The Morgan fingerprint density at radius 2 is 1.89 bits per heavy atom. The number of hydrogen-bond acceptors (Lipinski definition) is 8. The Labute approximate surface area is 217 Å². The predicted molar refractivity (Wildman–Crippen MR) is 136 cm³/mol. The fourth-order valence-corrected chi connectivity index (χ4v) is 5.61. The minimum Gasteiger partial charge on any atom is -0.457 e. The number of benzene rings is 1. The van der Waals surface area contributed by atoms with Crippen LogP contribution in [-0.2, 0) is 25.8 Å². The maximum absolute atomic E-state index is 13.3. The molecule has 204 valence electrons. The van der Waals surface area contributed by atoms with Gasteiger partial charge in [0.2, 0.25) is 0 Å². The number of hydrogen-bond donors (Lipinski definition) is 3. The molecular weight excluding hydrogens is 476 g/mol. The second-order valence-corrected chi connectivity index (χ2v) is 11.7. The predicted octanol–water partition coefficient (Wildman–Crippen LogP) is 3.28. The molecule has 0 aliphatic carbocycles. The second-order valence-electron chi connectivity index (χ2n) is 11.7. The number of epoxide rings is 1. The highest BCUT2D eigenvalue weighted by Gasteiger charge is 2.53. The summed E-state index contributed by atoms with van der Waals surface area (Å²) in [6.45, 7) is 8.70. The summed E-state index contributed by atoms with van der Waals surface area (Å²) in [6, 6.07) is 5.52. The lowest BCUT2D eigenvalue weighted by Crippen LogP contribution is -2.45. The van der Waals surface area contributed by atoms with Gasteiger partial charge in [0.1, 0.15) is 18.6 Å². The first-order chi connectivity index (χ1) is 17.4. The molecule has 7 unspecified atom stereocenters. The zero-order chi connectivity index (χ0) is 27.1. The van der Waals surface area contributed by atoms with Crippen molar-refractivity contribution in [3.05, 3.63) is 30.1 Å². The minimum atomic E-state index is -1.27. The van der Waals surface area contributed by atoms with Crippen molar-refractivity contribution in [1.29, 1.82) is 0 Å². The van der Waals surface area contributed by atoms with Crippen LogP contribution in [0.15, 0.2) is 24.5 Å². The number of ether oxygens (including phenoxy) is 2. The number of aliphatic hydroxyl groups is 3. The molecular formula is C28H40N2O7. The van der Waals surface area contributed by atoms with Gasteiger partial charge in [0.05, 0.1) is 53.1 Å². The van der Waals surface area contributed by atoms with E-state index in [2.05, 4.69) is 4.98 Å². The molecule has 1 aromatic heterocycles. The summed E-state index contributed by atoms with van der Waals surface area (Å²) in [5.41, 5.74) is 0.595. The lowest BCUT2D eigenvalue weighted by molar-refractivity contribution is -0.156. The van der Waals surface area contributed by atoms with Crippen LogP contribution in [0.5, 0.6) is 0 Å². The van der Waals surface area contributed by atoms with E-state index in [1.807, 2.05) is 32.0 Å². The molecule has 4 rings (SSSR count). The summed E-state index contributed by atoms with van der Waals surface area (Å²) < 4.78 is 13.6. The quantitative estimate of drug-likeness (QED) is 0.409. The first-order valence-corrected chi connectivity index (χ1v) is 13.2. The van der Waals surface area contributed by atoms with E-state index in [0.29, 0.717) is 11.9 Å². The molecule has 2 saturated heterocycles. The number of Topliss-reactive ketones (excluding diaryl/α,β-unsaturated/α-hetero) is 1. The van der Waals surface area contributed by atoms with Gasteiger partial charge in [0.25, 0.3) is 0 Å². The largest absolute Gasteiger partial charge is 0.457 e. The molecule has 0 spiro atoms. The standard InChI is InChI=1S/C28H40N2O7/c1-16-7-6-10-28(5)23(37-28)12-21(18-8-9-20-19(11-18)29-14-30(20)15-31)36-24(33)13-22(32)27(3,4)26(35)17(2)25(16)34/h8-9,11,14,16-17,21-23,25,31-32,34H,6-7,10,12-13,15H2,1-5H3. The molecule has 0 saturated carbocycles. The third kappa shape index (κ3) is 5.60. The zero-order valence-electron chi connectivity index (χ0n) is 22.4. The number of esters is 1. The summed E-state index contributed by atoms with van der Waals surface area (Å²) in [7, 11) is 0. The van der Waals surface area contributed by atoms with Crippen molar-refractivity contribution in [3.63, 3.8) is 0 Å². The Morgan fingerprint density at radius 1 is 1.16 bits per heavy atom. The highest BCUT2D eigenvalue weighted by molar-refractivity contribution is 5.88. The zero-order valence-corrected chi connectivity index (χ0v) is 22.4. The molecule has 9 nitrogen and oxygen atoms in total. The summed E-state index contributed by atoms with van der Waals surface area (Å²) in [5.74, 6) is -1.67. The number of fused-ring (bicyclic) bond motifs is 2. The fourth-order valence-electron chi connectivity index (χ4n) is 5.61. The average Bonchev–Trinajstić information content (AvgIpc) is 3.30. The monoisotopic (exact) mass is 516 g/mol. The number of aliphatic hydroxyl groups excluding tert-OH is 3. The molecule has 2 aromatic rings. The normalized spacial score (nSPS) is 35.7. The number of cyclic esters (lactones) is 1. The molecule has 0 bridgehead atoms. The third-order valence-electron chi connectivity index (χ3n) is 8.58. The van der Waals surface area contributed by atoms with Crippen LogP contribution in [0.1, 0.15) is 78.4 Å². The van der Waals surface area contributed by atoms with Gasteiger partial charge in [0, 0.05) is 12.3 Å². The number of carbonyl (C=O) groups is 2. The van der Waals surface area contributed by atoms with Crippen molar-refractivity contribution in [2.24, 2.45) is 17.3 Å². The van der Waals surface area contributed by atoms with Gasteiger partial charge in [-0.3, -0.25) is 9.59 Å². The summed E-state index contributed by atoms with van der Waals surface area (Å²) in [5, 5.41) is 31.3. The summed E-state index contributed by atoms with van der Waals surface area (Å²) in [6.07, 6.45) is 1.18. The number of ketones is 1. The van der Waals surface area contributed by atoms with E-state index < -0.39 is 35.6 Å². The Bertz CT molecular complexity index is 1140. The van der Waals surface area contributed by atoms with Crippen LogP contribution in [0.3, 0.4) is 0 Å². The van der Waals surface area contributed by atoms with Gasteiger partial charge in [-0.25, -0.2) is 4.98 Å². The van der Waals surface area contributed by atoms with Crippen LogP contribution >= 0.6 is 0 Å². The van der Waals surface area contributed by atoms with Crippen molar-refractivity contribution in [2.45, 2.75) is 103 Å². The second kappa shape index (κ2) is 10.4. The maximum atomic E-state index is 13.3. The molecule has 2 aliphatic rings. The van der Waals surface area contributed by atoms with Crippen molar-refractivity contribution in [1.82, 2.24) is 9.55 Å². The number of carbonyl (C=O) groups excluding carboxylic acids is 2. The van der Waals surface area contributed by atoms with Crippen molar-refractivity contribution < 1.29 is 34.4 Å². The molecule has 3 N–H and O–H groups in total. The highest BCUT2D eigenvalue weighted by atomic mass is 16.6. The van der Waals surface area contributed by atoms with Gasteiger partial charge < -0.3 is 29.4 Å². The van der Waals surface area contributed by atoms with E-state index >= 15 is 0 Å². The minimum absolute atomic E-state index is 0.0937. The Kier molecular flexibility index (Phi) is 7.82. The van der Waals surface area contributed by atoms with Crippen LogP contribution < -0.4 is 0 Å². The van der Waals surface area contributed by atoms with E-state index in [1.54, 1.807) is 31.7 Å². The molecule has 0 radical (unpaired) electrons. The van der Waals surface area contributed by atoms with E-state index in [1.165, 1.54) is 0 Å². The van der Waals surface area contributed by atoms with Crippen LogP contribution in [-0.4, -0.2) is 60.5 Å². The fraction of sp³-hybridized carbons (Fsp3) is 0.679. The Balaban J connectivity index is 1.62. The van der Waals surface area contributed by atoms with Gasteiger partial charge in [-0.2, -0.15) is 0 Å². The third-order valence-corrected chi connectivity index (χ3v) is 8.58. The average molecular weight is 517 g/mol. The van der Waals surface area contributed by atoms with Crippen LogP contribution in [0.25, 0.3) is 11.0 Å². The van der Waals surface area contributed by atoms with Gasteiger partial charge >= 0.3 is 5.97 Å². The van der Waals surface area contributed by atoms with E-state index in [0.717, 1.165) is 30.3 Å². The van der Waals surface area contributed by atoms with Gasteiger partial charge in [-0.05, 0) is 43.4 Å². The molecule has 1 aromatic carbocycles. The highest BCUT2D eigenvalue weighted by Crippen LogP contribution is 2.46. The molecule has 2 fully saturated rings. The summed E-state index contributed by atoms with van der Waals surface area (Å²) in [4.78, 5) is 30.6. The number of imidazole rings is 1. The molecule has 0 amide bonds. The van der Waals surface area contributed by atoms with Crippen molar-refractivity contribution >= 4 is 22.8 Å². The molecule has 3 heterocycles. The SMILES string of the molecule is CC1CCCC2(C)OC2CC(c2ccc3c(c2)ncn3CO)OC(=O)CC(O)C(C)(C)C(=O)C(C)C1O. The van der Waals surface area contributed by atoms with E-state index in [-0.39, 0.29) is 36.6 Å². The molecule has 7 atom stereocenters. The Hall–Kier alpha value is -2.33. The van der Waals surface area contributed by atoms with Gasteiger partial charge in [-0.15, -0.1) is 0 Å². The number of rotatable bonds is 2. The molecule has 37 heavy (non-hydrogen) atoms. The number of aromatic nitrogens is 2. The first kappa shape index (κ1) is 27.7. The van der Waals surface area contributed by atoms with Crippen molar-refractivity contribution in [2.75, 3.05) is 0 Å². The van der Waals surface area contributed by atoms with Crippen LogP contribution in [0.2, 0.25) is 0 Å². The van der Waals surface area contributed by atoms with Gasteiger partial charge in [-0.1, -0.05) is 40.2 Å². The van der Waals surface area contributed by atoms with E-state index in [4.69, 9.17) is 9.47 Å². The van der Waals surface area contributed by atoms with Crippen LogP contribution in [0.4, 0.5) is 0 Å². The first-order valence-electron chi connectivity index (χ1n) is 13.2. The molecule has 2 aliphatic heterocycles.